The van der Waals surface area contributed by atoms with Gasteiger partial charge in [0.2, 0.25) is 5.91 Å². The number of ether oxygens (including phenoxy) is 2. The molecule has 1 N–H and O–H groups in total. The van der Waals surface area contributed by atoms with Crippen LogP contribution in [-0.4, -0.2) is 37.2 Å². The Hall–Kier alpha value is -1.10. The van der Waals surface area contributed by atoms with E-state index in [1.54, 1.807) is 6.92 Å². The molecule has 0 aliphatic heterocycles. The Bertz CT molecular complexity index is 215. The van der Waals surface area contributed by atoms with Crippen LogP contribution in [0.5, 0.6) is 0 Å². The second-order valence-electron chi connectivity index (χ2n) is 3.51. The monoisotopic (exact) mass is 217 g/mol. The second-order valence-corrected chi connectivity index (χ2v) is 3.51. The van der Waals surface area contributed by atoms with E-state index < -0.39 is 12.0 Å². The second kappa shape index (κ2) is 7.23. The van der Waals surface area contributed by atoms with Gasteiger partial charge < -0.3 is 14.8 Å². The van der Waals surface area contributed by atoms with Gasteiger partial charge in [-0.25, -0.2) is 4.79 Å². The van der Waals surface area contributed by atoms with Crippen molar-refractivity contribution < 1.29 is 19.1 Å². The van der Waals surface area contributed by atoms with E-state index in [0.29, 0.717) is 6.61 Å². The minimum Gasteiger partial charge on any atom is -0.462 e. The molecule has 0 aliphatic carbocycles. The highest BCUT2D eigenvalue weighted by Crippen LogP contribution is 1.91. The first-order valence-corrected chi connectivity index (χ1v) is 4.98. The zero-order chi connectivity index (χ0) is 11.8. The Labute approximate surface area is 90.1 Å². The Morgan fingerprint density at radius 1 is 1.20 bits per heavy atom. The van der Waals surface area contributed by atoms with E-state index in [1.165, 1.54) is 6.92 Å². The molecule has 0 rings (SSSR count). The van der Waals surface area contributed by atoms with Crippen molar-refractivity contribution in [2.24, 2.45) is 0 Å². The molecule has 5 heteroatoms. The van der Waals surface area contributed by atoms with Crippen LogP contribution in [0.4, 0.5) is 0 Å². The zero-order valence-electron chi connectivity index (χ0n) is 9.70. The zero-order valence-corrected chi connectivity index (χ0v) is 9.70. The lowest BCUT2D eigenvalue weighted by Gasteiger charge is -2.12. The number of carbonyl (C=O) groups is 2. The van der Waals surface area contributed by atoms with Gasteiger partial charge >= 0.3 is 5.97 Å². The summed E-state index contributed by atoms with van der Waals surface area (Å²) in [4.78, 5) is 21.9. The van der Waals surface area contributed by atoms with Gasteiger partial charge in [0.15, 0.2) is 0 Å². The molecule has 88 valence electrons. The smallest absolute Gasteiger partial charge is 0.328 e. The van der Waals surface area contributed by atoms with Crippen LogP contribution in [0.1, 0.15) is 27.7 Å². The largest absolute Gasteiger partial charge is 0.462 e. The van der Waals surface area contributed by atoms with Gasteiger partial charge in [0.25, 0.3) is 0 Å². The molecule has 0 saturated heterocycles. The van der Waals surface area contributed by atoms with Gasteiger partial charge in [0.05, 0.1) is 12.7 Å². The minimum atomic E-state index is -0.610. The Balaban J connectivity index is 3.60. The maximum atomic E-state index is 11.2. The molecule has 0 heterocycles. The van der Waals surface area contributed by atoms with Crippen molar-refractivity contribution in [2.75, 3.05) is 13.2 Å². The predicted molar refractivity (Wildman–Crippen MR) is 55.3 cm³/mol. The van der Waals surface area contributed by atoms with Crippen molar-refractivity contribution in [1.29, 1.82) is 0 Å². The van der Waals surface area contributed by atoms with Crippen LogP contribution < -0.4 is 5.32 Å². The summed E-state index contributed by atoms with van der Waals surface area (Å²) in [6.45, 7) is 7.32. The third-order valence-electron chi connectivity index (χ3n) is 1.55. The highest BCUT2D eigenvalue weighted by Gasteiger charge is 2.14. The van der Waals surface area contributed by atoms with Crippen molar-refractivity contribution in [2.45, 2.75) is 39.8 Å². The van der Waals surface area contributed by atoms with Gasteiger partial charge in [-0.05, 0) is 20.8 Å². The SMILES string of the molecule is CC(=O)NC(C)C(=O)OCCOC(C)C. The lowest BCUT2D eigenvalue weighted by molar-refractivity contribution is -0.149. The average molecular weight is 217 g/mol. The van der Waals surface area contributed by atoms with Gasteiger partial charge in [0, 0.05) is 6.92 Å². The predicted octanol–water partition coefficient (Wildman–Crippen LogP) is 0.479. The third-order valence-corrected chi connectivity index (χ3v) is 1.55. The number of carbonyl (C=O) groups excluding carboxylic acids is 2. The quantitative estimate of drug-likeness (QED) is 0.519. The molecule has 0 bridgehead atoms. The molecule has 1 unspecified atom stereocenters. The summed E-state index contributed by atoms with van der Waals surface area (Å²) in [5, 5.41) is 2.44. The lowest BCUT2D eigenvalue weighted by Crippen LogP contribution is -2.38. The normalized spacial score (nSPS) is 12.3. The molecule has 0 aromatic carbocycles. The summed E-state index contributed by atoms with van der Waals surface area (Å²) in [7, 11) is 0. The lowest BCUT2D eigenvalue weighted by atomic mass is 10.3. The Morgan fingerprint density at radius 2 is 1.80 bits per heavy atom. The van der Waals surface area contributed by atoms with Crippen molar-refractivity contribution in [1.82, 2.24) is 5.32 Å². The van der Waals surface area contributed by atoms with Gasteiger partial charge in [-0.1, -0.05) is 0 Å². The van der Waals surface area contributed by atoms with Crippen LogP contribution in [0, 0.1) is 0 Å². The number of amides is 1. The summed E-state index contributed by atoms with van der Waals surface area (Å²) in [6, 6.07) is -0.610. The van der Waals surface area contributed by atoms with Crippen LogP contribution >= 0.6 is 0 Å². The van der Waals surface area contributed by atoms with Crippen LogP contribution in [0.2, 0.25) is 0 Å². The topological polar surface area (TPSA) is 64.6 Å². The summed E-state index contributed by atoms with van der Waals surface area (Å²) in [5.74, 6) is -0.699. The fourth-order valence-electron chi connectivity index (χ4n) is 0.915. The summed E-state index contributed by atoms with van der Waals surface area (Å²) >= 11 is 0. The highest BCUT2D eigenvalue weighted by atomic mass is 16.6. The van der Waals surface area contributed by atoms with E-state index in [0.717, 1.165) is 0 Å². The van der Waals surface area contributed by atoms with Crippen LogP contribution in [0.15, 0.2) is 0 Å². The number of hydrogen-bond donors (Lipinski definition) is 1. The first-order chi connectivity index (χ1) is 6.93. The fourth-order valence-corrected chi connectivity index (χ4v) is 0.915. The molecule has 1 amide bonds. The Morgan fingerprint density at radius 3 is 2.27 bits per heavy atom. The minimum absolute atomic E-state index is 0.122. The molecular formula is C10H19NO4. The standard InChI is InChI=1S/C10H19NO4/c1-7(2)14-5-6-15-10(13)8(3)11-9(4)12/h7-8H,5-6H2,1-4H3,(H,11,12). The van der Waals surface area contributed by atoms with Gasteiger partial charge in [0.1, 0.15) is 12.6 Å². The van der Waals surface area contributed by atoms with Gasteiger partial charge in [-0.15, -0.1) is 0 Å². The van der Waals surface area contributed by atoms with Crippen molar-refractivity contribution in [3.63, 3.8) is 0 Å². The molecule has 15 heavy (non-hydrogen) atoms. The molecule has 0 spiro atoms. The summed E-state index contributed by atoms with van der Waals surface area (Å²) in [6.07, 6.45) is 0.122. The van der Waals surface area contributed by atoms with Crippen LogP contribution in [-0.2, 0) is 19.1 Å². The van der Waals surface area contributed by atoms with E-state index in [2.05, 4.69) is 5.32 Å². The van der Waals surface area contributed by atoms with E-state index in [-0.39, 0.29) is 18.6 Å². The van der Waals surface area contributed by atoms with E-state index >= 15 is 0 Å². The molecule has 0 saturated carbocycles. The molecule has 0 fully saturated rings. The molecule has 1 atom stereocenters. The number of esters is 1. The van der Waals surface area contributed by atoms with Crippen molar-refractivity contribution in [3.8, 4) is 0 Å². The molecular weight excluding hydrogens is 198 g/mol. The molecule has 0 radical (unpaired) electrons. The third kappa shape index (κ3) is 7.93. The van der Waals surface area contributed by atoms with Crippen LogP contribution in [0.3, 0.4) is 0 Å². The number of hydrogen-bond acceptors (Lipinski definition) is 4. The van der Waals surface area contributed by atoms with E-state index in [1.807, 2.05) is 13.8 Å². The van der Waals surface area contributed by atoms with Gasteiger partial charge in [-0.3, -0.25) is 4.79 Å². The van der Waals surface area contributed by atoms with Gasteiger partial charge in [-0.2, -0.15) is 0 Å². The number of nitrogens with one attached hydrogen (secondary N) is 1. The maximum absolute atomic E-state index is 11.2. The van der Waals surface area contributed by atoms with Crippen LogP contribution in [0.25, 0.3) is 0 Å². The molecule has 0 aromatic rings. The number of rotatable bonds is 6. The maximum Gasteiger partial charge on any atom is 0.328 e. The molecule has 0 aromatic heterocycles. The summed E-state index contributed by atoms with van der Waals surface area (Å²) < 4.78 is 10.1. The first-order valence-electron chi connectivity index (χ1n) is 4.98. The molecule has 5 nitrogen and oxygen atoms in total. The van der Waals surface area contributed by atoms with E-state index in [4.69, 9.17) is 9.47 Å². The highest BCUT2D eigenvalue weighted by molar-refractivity contribution is 5.82. The average Bonchev–Trinajstić information content (AvgIpc) is 2.10. The van der Waals surface area contributed by atoms with Crippen molar-refractivity contribution in [3.05, 3.63) is 0 Å². The molecule has 0 aliphatic rings. The summed E-state index contributed by atoms with van der Waals surface area (Å²) in [5.41, 5.74) is 0. The fraction of sp³-hybridized carbons (Fsp3) is 0.800. The first kappa shape index (κ1) is 13.9. The Kier molecular flexibility index (Phi) is 6.70. The van der Waals surface area contributed by atoms with Crippen molar-refractivity contribution >= 4 is 11.9 Å². The van der Waals surface area contributed by atoms with E-state index in [9.17, 15) is 9.59 Å².